The van der Waals surface area contributed by atoms with E-state index in [9.17, 15) is 13.2 Å². The number of nitrogens with two attached hydrogens (primary N) is 1. The minimum Gasteiger partial charge on any atom is -0.399 e. The molecule has 0 bridgehead atoms. The molecule has 1 amide bonds. The molecule has 0 fully saturated rings. The van der Waals surface area contributed by atoms with Crippen LogP contribution in [0, 0.1) is 12.3 Å². The summed E-state index contributed by atoms with van der Waals surface area (Å²) in [5, 5.41) is 2.51. The van der Waals surface area contributed by atoms with Crippen LogP contribution in [0.4, 0.5) is 5.69 Å². The zero-order chi connectivity index (χ0) is 15.6. The molecule has 1 rings (SSSR count). The SMILES string of the molecule is CNC(=O)C(C)(C)CNS(=O)(=O)c1ccc(N)c(C)c1. The number of carbonyl (C=O) groups excluding carboxylic acids is 1. The molecule has 0 aromatic heterocycles. The summed E-state index contributed by atoms with van der Waals surface area (Å²) in [5.74, 6) is -0.228. The fourth-order valence-electron chi connectivity index (χ4n) is 1.59. The number of hydrogen-bond donors (Lipinski definition) is 3. The lowest BCUT2D eigenvalue weighted by molar-refractivity contribution is -0.128. The molecule has 0 aliphatic rings. The second-order valence-corrected chi connectivity index (χ2v) is 7.07. The number of benzene rings is 1. The number of aryl methyl sites for hydroxylation is 1. The van der Waals surface area contributed by atoms with Gasteiger partial charge in [0.25, 0.3) is 0 Å². The highest BCUT2D eigenvalue weighted by Crippen LogP contribution is 2.19. The van der Waals surface area contributed by atoms with Crippen LogP contribution in [0.25, 0.3) is 0 Å². The number of rotatable bonds is 5. The van der Waals surface area contributed by atoms with Crippen LogP contribution < -0.4 is 15.8 Å². The van der Waals surface area contributed by atoms with Crippen LogP contribution in [-0.2, 0) is 14.8 Å². The van der Waals surface area contributed by atoms with Crippen LogP contribution >= 0.6 is 0 Å². The second-order valence-electron chi connectivity index (χ2n) is 5.31. The maximum absolute atomic E-state index is 12.2. The lowest BCUT2D eigenvalue weighted by atomic mass is 9.93. The third-order valence-electron chi connectivity index (χ3n) is 3.10. The number of nitrogen functional groups attached to an aromatic ring is 1. The Kier molecular flexibility index (Phi) is 4.77. The molecule has 6 nitrogen and oxygen atoms in total. The van der Waals surface area contributed by atoms with Crippen LogP contribution in [0.15, 0.2) is 23.1 Å². The number of hydrogen-bond acceptors (Lipinski definition) is 4. The highest BCUT2D eigenvalue weighted by molar-refractivity contribution is 7.89. The van der Waals surface area contributed by atoms with E-state index in [2.05, 4.69) is 10.0 Å². The normalized spacial score (nSPS) is 12.2. The standard InChI is InChI=1S/C13H21N3O3S/c1-9-7-10(5-6-11(9)14)20(18,19)16-8-13(2,3)12(17)15-4/h5-7,16H,8,14H2,1-4H3,(H,15,17). The van der Waals surface area contributed by atoms with Gasteiger partial charge in [0, 0.05) is 19.3 Å². The number of carbonyl (C=O) groups is 1. The molecule has 0 atom stereocenters. The molecule has 0 saturated heterocycles. The van der Waals surface area contributed by atoms with Crippen LogP contribution in [0.3, 0.4) is 0 Å². The molecule has 0 heterocycles. The van der Waals surface area contributed by atoms with Gasteiger partial charge in [-0.25, -0.2) is 13.1 Å². The van der Waals surface area contributed by atoms with Gasteiger partial charge in [0.15, 0.2) is 0 Å². The third kappa shape index (κ3) is 3.71. The van der Waals surface area contributed by atoms with E-state index in [1.807, 2.05) is 0 Å². The average Bonchev–Trinajstić information content (AvgIpc) is 2.38. The van der Waals surface area contributed by atoms with Gasteiger partial charge >= 0.3 is 0 Å². The topological polar surface area (TPSA) is 101 Å². The van der Waals surface area contributed by atoms with Gasteiger partial charge in [-0.2, -0.15) is 0 Å². The molecule has 20 heavy (non-hydrogen) atoms. The van der Waals surface area contributed by atoms with E-state index >= 15 is 0 Å². The van der Waals surface area contributed by atoms with Crippen molar-refractivity contribution in [1.82, 2.24) is 10.0 Å². The molecular formula is C13H21N3O3S. The number of sulfonamides is 1. The Hall–Kier alpha value is -1.60. The fourth-order valence-corrected chi connectivity index (χ4v) is 2.89. The highest BCUT2D eigenvalue weighted by Gasteiger charge is 2.28. The Morgan fingerprint density at radius 3 is 2.45 bits per heavy atom. The molecular weight excluding hydrogens is 278 g/mol. The summed E-state index contributed by atoms with van der Waals surface area (Å²) >= 11 is 0. The Balaban J connectivity index is 2.91. The maximum atomic E-state index is 12.2. The van der Waals surface area contributed by atoms with Gasteiger partial charge in [-0.3, -0.25) is 4.79 Å². The molecule has 0 saturated carbocycles. The lowest BCUT2D eigenvalue weighted by Crippen LogP contribution is -2.43. The van der Waals surface area contributed by atoms with Gasteiger partial charge in [0.2, 0.25) is 15.9 Å². The van der Waals surface area contributed by atoms with Crippen molar-refractivity contribution in [3.63, 3.8) is 0 Å². The summed E-state index contributed by atoms with van der Waals surface area (Å²) < 4.78 is 26.8. The van der Waals surface area contributed by atoms with E-state index in [0.717, 1.165) is 0 Å². The highest BCUT2D eigenvalue weighted by atomic mass is 32.2. The Morgan fingerprint density at radius 1 is 1.35 bits per heavy atom. The van der Waals surface area contributed by atoms with Crippen LogP contribution in [-0.4, -0.2) is 27.9 Å². The molecule has 7 heteroatoms. The van der Waals surface area contributed by atoms with Crippen molar-refractivity contribution in [3.05, 3.63) is 23.8 Å². The van der Waals surface area contributed by atoms with Crippen molar-refractivity contribution < 1.29 is 13.2 Å². The summed E-state index contributed by atoms with van der Waals surface area (Å²) in [6.07, 6.45) is 0. The average molecular weight is 299 g/mol. The van der Waals surface area contributed by atoms with Gasteiger partial charge < -0.3 is 11.1 Å². The van der Waals surface area contributed by atoms with Crippen molar-refractivity contribution in [2.45, 2.75) is 25.7 Å². The van der Waals surface area contributed by atoms with E-state index in [1.165, 1.54) is 19.2 Å². The first-order chi connectivity index (χ1) is 9.10. The van der Waals surface area contributed by atoms with Crippen molar-refractivity contribution >= 4 is 21.6 Å². The van der Waals surface area contributed by atoms with Gasteiger partial charge in [-0.05, 0) is 44.5 Å². The molecule has 1 aromatic rings. The predicted octanol–water partition coefficient (Wildman–Crippen LogP) is 0.628. The predicted molar refractivity (Wildman–Crippen MR) is 78.6 cm³/mol. The van der Waals surface area contributed by atoms with Crippen LogP contribution in [0.2, 0.25) is 0 Å². The zero-order valence-corrected chi connectivity index (χ0v) is 13.0. The van der Waals surface area contributed by atoms with E-state index < -0.39 is 15.4 Å². The first-order valence-corrected chi connectivity index (χ1v) is 7.66. The van der Waals surface area contributed by atoms with Crippen LogP contribution in [0.1, 0.15) is 19.4 Å². The molecule has 1 aromatic carbocycles. The Labute approximate surface area is 119 Å². The van der Waals surface area contributed by atoms with E-state index in [-0.39, 0.29) is 17.3 Å². The van der Waals surface area contributed by atoms with Crippen molar-refractivity contribution in [2.75, 3.05) is 19.3 Å². The molecule has 0 radical (unpaired) electrons. The number of amides is 1. The molecule has 112 valence electrons. The lowest BCUT2D eigenvalue weighted by Gasteiger charge is -2.22. The van der Waals surface area contributed by atoms with Gasteiger partial charge in [-0.15, -0.1) is 0 Å². The number of anilines is 1. The second kappa shape index (κ2) is 5.80. The van der Waals surface area contributed by atoms with Crippen LogP contribution in [0.5, 0.6) is 0 Å². The molecule has 4 N–H and O–H groups in total. The van der Waals surface area contributed by atoms with E-state index in [1.54, 1.807) is 26.8 Å². The smallest absolute Gasteiger partial charge is 0.240 e. The summed E-state index contributed by atoms with van der Waals surface area (Å²) in [5.41, 5.74) is 6.07. The summed E-state index contributed by atoms with van der Waals surface area (Å²) in [6, 6.07) is 4.50. The Bertz CT molecular complexity index is 609. The van der Waals surface area contributed by atoms with E-state index in [0.29, 0.717) is 11.3 Å². The Morgan fingerprint density at radius 2 is 1.95 bits per heavy atom. The van der Waals surface area contributed by atoms with E-state index in [4.69, 9.17) is 5.73 Å². The third-order valence-corrected chi connectivity index (χ3v) is 4.50. The summed E-state index contributed by atoms with van der Waals surface area (Å²) in [7, 11) is -2.14. The maximum Gasteiger partial charge on any atom is 0.240 e. The largest absolute Gasteiger partial charge is 0.399 e. The van der Waals surface area contributed by atoms with Crippen molar-refractivity contribution in [3.8, 4) is 0 Å². The summed E-state index contributed by atoms with van der Waals surface area (Å²) in [4.78, 5) is 11.8. The molecule has 0 aliphatic carbocycles. The monoisotopic (exact) mass is 299 g/mol. The quantitative estimate of drug-likeness (QED) is 0.694. The first kappa shape index (κ1) is 16.5. The van der Waals surface area contributed by atoms with Crippen molar-refractivity contribution in [2.24, 2.45) is 5.41 Å². The van der Waals surface area contributed by atoms with Gasteiger partial charge in [0.05, 0.1) is 10.3 Å². The van der Waals surface area contributed by atoms with Gasteiger partial charge in [-0.1, -0.05) is 0 Å². The molecule has 0 unspecified atom stereocenters. The zero-order valence-electron chi connectivity index (χ0n) is 12.1. The molecule has 0 spiro atoms. The minimum atomic E-state index is -3.66. The van der Waals surface area contributed by atoms with Crippen molar-refractivity contribution in [1.29, 1.82) is 0 Å². The summed E-state index contributed by atoms with van der Waals surface area (Å²) in [6.45, 7) is 5.09. The van der Waals surface area contributed by atoms with Gasteiger partial charge in [0.1, 0.15) is 0 Å². The first-order valence-electron chi connectivity index (χ1n) is 6.18. The molecule has 0 aliphatic heterocycles. The number of nitrogens with one attached hydrogen (secondary N) is 2. The fraction of sp³-hybridized carbons (Fsp3) is 0.462. The minimum absolute atomic E-state index is 0.0123.